The van der Waals surface area contributed by atoms with Gasteiger partial charge in [-0.25, -0.2) is 0 Å². The molecule has 0 spiro atoms. The highest BCUT2D eigenvalue weighted by Gasteiger charge is 2.35. The molecule has 0 aliphatic heterocycles. The molecule has 0 unspecified atom stereocenters. The Balaban J connectivity index is 2.05. The predicted octanol–water partition coefficient (Wildman–Crippen LogP) is 10.1. The van der Waals surface area contributed by atoms with Gasteiger partial charge in [-0.1, -0.05) is 117 Å². The highest BCUT2D eigenvalue weighted by atomic mass is 28.4. The third-order valence-corrected chi connectivity index (χ3v) is 10.2. The lowest BCUT2D eigenvalue weighted by Crippen LogP contribution is -2.44. The van der Waals surface area contributed by atoms with Crippen molar-refractivity contribution in [2.45, 2.75) is 143 Å². The molecule has 0 atom stereocenters. The van der Waals surface area contributed by atoms with Gasteiger partial charge in [0.2, 0.25) is 0 Å². The third kappa shape index (κ3) is 13.7. The van der Waals surface area contributed by atoms with Gasteiger partial charge in [-0.15, -0.1) is 0 Å². The fourth-order valence-electron chi connectivity index (χ4n) is 4.57. The molecular formula is C29H54O2Si. The first-order valence-electron chi connectivity index (χ1n) is 14.0. The smallest absolute Gasteiger partial charge is 0.398 e. The van der Waals surface area contributed by atoms with Crippen LogP contribution in [-0.2, 0) is 4.43 Å². The molecule has 0 bridgehead atoms. The topological polar surface area (TPSA) is 18.5 Å². The number of rotatable bonds is 21. The summed E-state index contributed by atoms with van der Waals surface area (Å²) in [6.07, 6.45) is 21.0. The standard InChI is InChI=1S/C29H54O2Si/c1-6-9-10-11-12-13-14-15-16-17-18-19-20-21-22-23-30-32(7-2,8-3)31-29-25-27(4)24-28(5)26-29/h24-26H,6-23H2,1-5H3. The summed E-state index contributed by atoms with van der Waals surface area (Å²) < 4.78 is 12.9. The number of aryl methyl sites for hydroxylation is 2. The molecule has 0 amide bonds. The summed E-state index contributed by atoms with van der Waals surface area (Å²) in [5, 5.41) is 0. The summed E-state index contributed by atoms with van der Waals surface area (Å²) >= 11 is 0. The van der Waals surface area contributed by atoms with Crippen molar-refractivity contribution < 1.29 is 8.85 Å². The van der Waals surface area contributed by atoms with Crippen molar-refractivity contribution >= 4 is 8.56 Å². The molecule has 32 heavy (non-hydrogen) atoms. The average Bonchev–Trinajstić information content (AvgIpc) is 2.77. The van der Waals surface area contributed by atoms with Crippen LogP contribution in [0.15, 0.2) is 18.2 Å². The zero-order valence-corrected chi connectivity index (χ0v) is 23.3. The Bertz CT molecular complexity index is 548. The van der Waals surface area contributed by atoms with E-state index >= 15 is 0 Å². The van der Waals surface area contributed by atoms with E-state index in [-0.39, 0.29) is 0 Å². The normalized spacial score (nSPS) is 11.8. The molecule has 0 saturated heterocycles. The first kappa shape index (κ1) is 29.2. The second-order valence-electron chi connectivity index (χ2n) is 9.84. The predicted molar refractivity (Wildman–Crippen MR) is 144 cm³/mol. The van der Waals surface area contributed by atoms with Gasteiger partial charge in [-0.2, -0.15) is 0 Å². The number of benzene rings is 1. The van der Waals surface area contributed by atoms with Crippen LogP contribution in [0.4, 0.5) is 0 Å². The maximum absolute atomic E-state index is 6.50. The van der Waals surface area contributed by atoms with E-state index in [1.807, 2.05) is 0 Å². The highest BCUT2D eigenvalue weighted by Crippen LogP contribution is 2.25. The van der Waals surface area contributed by atoms with E-state index in [9.17, 15) is 0 Å². The van der Waals surface area contributed by atoms with Gasteiger partial charge in [0, 0.05) is 6.61 Å². The minimum atomic E-state index is -2.14. The molecule has 0 radical (unpaired) electrons. The van der Waals surface area contributed by atoms with Crippen LogP contribution in [-0.4, -0.2) is 15.2 Å². The van der Waals surface area contributed by atoms with Gasteiger partial charge in [0.1, 0.15) is 5.75 Å². The van der Waals surface area contributed by atoms with Crippen molar-refractivity contribution in [3.05, 3.63) is 29.3 Å². The zero-order chi connectivity index (χ0) is 23.5. The Morgan fingerprint density at radius 2 is 0.969 bits per heavy atom. The average molecular weight is 463 g/mol. The summed E-state index contributed by atoms with van der Waals surface area (Å²) in [5.41, 5.74) is 2.52. The van der Waals surface area contributed by atoms with Crippen molar-refractivity contribution in [3.8, 4) is 5.75 Å². The molecule has 3 heteroatoms. The molecule has 0 N–H and O–H groups in total. The van der Waals surface area contributed by atoms with Crippen LogP contribution in [0.25, 0.3) is 0 Å². The van der Waals surface area contributed by atoms with E-state index in [4.69, 9.17) is 8.85 Å². The van der Waals surface area contributed by atoms with Crippen LogP contribution >= 0.6 is 0 Å². The lowest BCUT2D eigenvalue weighted by atomic mass is 10.0. The second kappa shape index (κ2) is 18.6. The molecule has 2 nitrogen and oxygen atoms in total. The molecule has 0 heterocycles. The van der Waals surface area contributed by atoms with Crippen LogP contribution in [0, 0.1) is 13.8 Å². The van der Waals surface area contributed by atoms with Crippen LogP contribution in [0.1, 0.15) is 128 Å². The fraction of sp³-hybridized carbons (Fsp3) is 0.793. The van der Waals surface area contributed by atoms with Gasteiger partial charge in [0.15, 0.2) is 0 Å². The summed E-state index contributed by atoms with van der Waals surface area (Å²) in [5.74, 6) is 0.995. The van der Waals surface area contributed by atoms with Crippen molar-refractivity contribution in [1.82, 2.24) is 0 Å². The molecule has 186 valence electrons. The third-order valence-electron chi connectivity index (χ3n) is 6.69. The lowest BCUT2D eigenvalue weighted by molar-refractivity contribution is 0.230. The Labute approximate surface area is 202 Å². The minimum Gasteiger partial charge on any atom is -0.520 e. The summed E-state index contributed by atoms with van der Waals surface area (Å²) in [7, 11) is -2.14. The van der Waals surface area contributed by atoms with Gasteiger partial charge in [0.05, 0.1) is 0 Å². The Kier molecular flexibility index (Phi) is 17.0. The molecule has 1 aromatic carbocycles. The van der Waals surface area contributed by atoms with Crippen LogP contribution < -0.4 is 4.43 Å². The molecular weight excluding hydrogens is 408 g/mol. The van der Waals surface area contributed by atoms with Gasteiger partial charge in [-0.05, 0) is 55.6 Å². The van der Waals surface area contributed by atoms with E-state index < -0.39 is 8.56 Å². The SMILES string of the molecule is CCCCCCCCCCCCCCCCCO[Si](CC)(CC)Oc1cc(C)cc(C)c1. The highest BCUT2D eigenvalue weighted by molar-refractivity contribution is 6.68. The van der Waals surface area contributed by atoms with Crippen molar-refractivity contribution in [1.29, 1.82) is 0 Å². The Morgan fingerprint density at radius 1 is 0.562 bits per heavy atom. The van der Waals surface area contributed by atoms with E-state index in [0.29, 0.717) is 0 Å². The number of hydrogen-bond donors (Lipinski definition) is 0. The zero-order valence-electron chi connectivity index (χ0n) is 22.3. The molecule has 1 aromatic rings. The molecule has 0 fully saturated rings. The summed E-state index contributed by atoms with van der Waals surface area (Å²) in [6.45, 7) is 11.9. The Morgan fingerprint density at radius 3 is 1.38 bits per heavy atom. The van der Waals surface area contributed by atoms with E-state index in [2.05, 4.69) is 52.8 Å². The molecule has 0 aliphatic rings. The van der Waals surface area contributed by atoms with E-state index in [1.54, 1.807) is 0 Å². The van der Waals surface area contributed by atoms with Crippen LogP contribution in [0.3, 0.4) is 0 Å². The molecule has 0 aliphatic carbocycles. The van der Waals surface area contributed by atoms with E-state index in [1.165, 1.54) is 107 Å². The monoisotopic (exact) mass is 462 g/mol. The van der Waals surface area contributed by atoms with Crippen molar-refractivity contribution in [2.24, 2.45) is 0 Å². The maximum atomic E-state index is 6.50. The lowest BCUT2D eigenvalue weighted by Gasteiger charge is -2.29. The van der Waals surface area contributed by atoms with Crippen molar-refractivity contribution in [3.63, 3.8) is 0 Å². The van der Waals surface area contributed by atoms with Gasteiger partial charge in [-0.3, -0.25) is 0 Å². The van der Waals surface area contributed by atoms with Crippen LogP contribution in [0.5, 0.6) is 5.75 Å². The quantitative estimate of drug-likeness (QED) is 0.134. The fourth-order valence-corrected chi connectivity index (χ4v) is 6.89. The van der Waals surface area contributed by atoms with E-state index in [0.717, 1.165) is 24.4 Å². The first-order valence-corrected chi connectivity index (χ1v) is 16.2. The number of unbranched alkanes of at least 4 members (excludes halogenated alkanes) is 14. The summed E-state index contributed by atoms with van der Waals surface area (Å²) in [4.78, 5) is 0. The van der Waals surface area contributed by atoms with Gasteiger partial charge in [0.25, 0.3) is 0 Å². The summed E-state index contributed by atoms with van der Waals surface area (Å²) in [6, 6.07) is 8.52. The molecule has 0 aromatic heterocycles. The molecule has 0 saturated carbocycles. The Hall–Kier alpha value is -0.803. The van der Waals surface area contributed by atoms with Gasteiger partial charge < -0.3 is 8.85 Å². The van der Waals surface area contributed by atoms with Crippen molar-refractivity contribution in [2.75, 3.05) is 6.61 Å². The first-order chi connectivity index (χ1) is 15.5. The largest absolute Gasteiger partial charge is 0.520 e. The van der Waals surface area contributed by atoms with Crippen LogP contribution in [0.2, 0.25) is 12.1 Å². The minimum absolute atomic E-state index is 0.858. The molecule has 1 rings (SSSR count). The second-order valence-corrected chi connectivity index (χ2v) is 13.6. The van der Waals surface area contributed by atoms with Gasteiger partial charge >= 0.3 is 8.56 Å². The maximum Gasteiger partial charge on any atom is 0.398 e. The number of hydrogen-bond acceptors (Lipinski definition) is 2.